The molecule has 3 aromatic rings. The lowest BCUT2D eigenvalue weighted by molar-refractivity contribution is 0.0334. The average Bonchev–Trinajstić information content (AvgIpc) is 3.05. The molecule has 0 saturated carbocycles. The number of morpholine rings is 1. The van der Waals surface area contributed by atoms with Crippen LogP contribution in [0.25, 0.3) is 11.0 Å². The van der Waals surface area contributed by atoms with Gasteiger partial charge in [-0.05, 0) is 18.2 Å². The molecule has 3 heterocycles. The van der Waals surface area contributed by atoms with Crippen LogP contribution in [0.4, 0.5) is 5.69 Å². The summed E-state index contributed by atoms with van der Waals surface area (Å²) >= 11 is 0. The van der Waals surface area contributed by atoms with Gasteiger partial charge in [0.1, 0.15) is 11.4 Å². The SMILES string of the molecule is O=C(Nc1ccc2onc(CN3CCOCC3)c2c1)c1cnccn1. The Hall–Kier alpha value is -2.84. The summed E-state index contributed by atoms with van der Waals surface area (Å²) in [5, 5.41) is 7.89. The molecular weight excluding hydrogens is 322 g/mol. The van der Waals surface area contributed by atoms with Crippen LogP contribution in [0.3, 0.4) is 0 Å². The molecule has 1 aliphatic heterocycles. The number of amides is 1. The van der Waals surface area contributed by atoms with E-state index in [0.29, 0.717) is 17.8 Å². The van der Waals surface area contributed by atoms with Crippen molar-refractivity contribution in [2.24, 2.45) is 0 Å². The van der Waals surface area contributed by atoms with E-state index < -0.39 is 0 Å². The number of hydrogen-bond acceptors (Lipinski definition) is 7. The number of rotatable bonds is 4. The topological polar surface area (TPSA) is 93.4 Å². The third-order valence-electron chi connectivity index (χ3n) is 4.08. The molecule has 0 unspecified atom stereocenters. The molecule has 0 radical (unpaired) electrons. The van der Waals surface area contributed by atoms with Crippen molar-refractivity contribution in [1.29, 1.82) is 0 Å². The van der Waals surface area contributed by atoms with Crippen LogP contribution >= 0.6 is 0 Å². The quantitative estimate of drug-likeness (QED) is 0.773. The van der Waals surface area contributed by atoms with Crippen molar-refractivity contribution < 1.29 is 14.1 Å². The molecule has 1 amide bonds. The summed E-state index contributed by atoms with van der Waals surface area (Å²) in [6.45, 7) is 3.90. The molecule has 8 nitrogen and oxygen atoms in total. The number of aromatic nitrogens is 3. The number of nitrogens with one attached hydrogen (secondary N) is 1. The highest BCUT2D eigenvalue weighted by molar-refractivity contribution is 6.03. The minimum atomic E-state index is -0.307. The lowest BCUT2D eigenvalue weighted by Gasteiger charge is -2.25. The van der Waals surface area contributed by atoms with Crippen molar-refractivity contribution in [2.45, 2.75) is 6.54 Å². The van der Waals surface area contributed by atoms with Gasteiger partial charge >= 0.3 is 0 Å². The average molecular weight is 339 g/mol. The van der Waals surface area contributed by atoms with Crippen LogP contribution in [0.5, 0.6) is 0 Å². The van der Waals surface area contributed by atoms with E-state index in [9.17, 15) is 4.79 Å². The molecule has 1 saturated heterocycles. The lowest BCUT2D eigenvalue weighted by atomic mass is 10.1. The Morgan fingerprint density at radius 1 is 1.24 bits per heavy atom. The number of carbonyl (C=O) groups is 1. The van der Waals surface area contributed by atoms with Crippen molar-refractivity contribution in [3.05, 3.63) is 48.2 Å². The predicted molar refractivity (Wildman–Crippen MR) is 90.1 cm³/mol. The Bertz CT molecular complexity index is 874. The van der Waals surface area contributed by atoms with Crippen LogP contribution < -0.4 is 5.32 Å². The van der Waals surface area contributed by atoms with Gasteiger partial charge in [0.05, 0.1) is 19.4 Å². The van der Waals surface area contributed by atoms with Crippen LogP contribution in [0.15, 0.2) is 41.3 Å². The fourth-order valence-corrected chi connectivity index (χ4v) is 2.76. The first-order valence-electron chi connectivity index (χ1n) is 8.05. The highest BCUT2D eigenvalue weighted by Gasteiger charge is 2.16. The summed E-state index contributed by atoms with van der Waals surface area (Å²) in [5.41, 5.74) is 2.48. The van der Waals surface area contributed by atoms with Crippen LogP contribution in [0.2, 0.25) is 0 Å². The molecule has 25 heavy (non-hydrogen) atoms. The lowest BCUT2D eigenvalue weighted by Crippen LogP contribution is -2.35. The Kier molecular flexibility index (Phi) is 4.36. The second-order valence-electron chi connectivity index (χ2n) is 5.77. The molecule has 8 heteroatoms. The van der Waals surface area contributed by atoms with Crippen molar-refractivity contribution in [1.82, 2.24) is 20.0 Å². The van der Waals surface area contributed by atoms with Crippen molar-refractivity contribution in [3.63, 3.8) is 0 Å². The molecule has 0 aliphatic carbocycles. The van der Waals surface area contributed by atoms with Gasteiger partial charge in [0.25, 0.3) is 5.91 Å². The molecule has 1 aliphatic rings. The first kappa shape index (κ1) is 15.7. The number of hydrogen-bond donors (Lipinski definition) is 1. The Labute approximate surface area is 143 Å². The monoisotopic (exact) mass is 339 g/mol. The summed E-state index contributed by atoms with van der Waals surface area (Å²) in [4.78, 5) is 22.4. The molecule has 0 atom stereocenters. The molecule has 1 fully saturated rings. The standard InChI is InChI=1S/C17H17N5O3/c23-17(14-10-18-3-4-19-14)20-12-1-2-16-13(9-12)15(21-25-16)11-22-5-7-24-8-6-22/h1-4,9-10H,5-8,11H2,(H,20,23). The molecule has 0 bridgehead atoms. The second kappa shape index (κ2) is 6.96. The summed E-state index contributed by atoms with van der Waals surface area (Å²) < 4.78 is 10.8. The maximum absolute atomic E-state index is 12.2. The third kappa shape index (κ3) is 3.49. The van der Waals surface area contributed by atoms with E-state index in [4.69, 9.17) is 9.26 Å². The molecule has 1 aromatic carbocycles. The highest BCUT2D eigenvalue weighted by atomic mass is 16.5. The van der Waals surface area contributed by atoms with Gasteiger partial charge in [-0.2, -0.15) is 0 Å². The molecule has 1 N–H and O–H groups in total. The molecular formula is C17H17N5O3. The fourth-order valence-electron chi connectivity index (χ4n) is 2.76. The number of carbonyl (C=O) groups excluding carboxylic acids is 1. The zero-order valence-electron chi connectivity index (χ0n) is 13.5. The van der Waals surface area contributed by atoms with Crippen molar-refractivity contribution >= 4 is 22.6 Å². The van der Waals surface area contributed by atoms with Gasteiger partial charge in [0, 0.05) is 43.1 Å². The summed E-state index contributed by atoms with van der Waals surface area (Å²) in [5.74, 6) is -0.307. The van der Waals surface area contributed by atoms with E-state index in [1.165, 1.54) is 18.6 Å². The van der Waals surface area contributed by atoms with Gasteiger partial charge in [-0.15, -0.1) is 0 Å². The summed E-state index contributed by atoms with van der Waals surface area (Å²) in [7, 11) is 0. The normalized spacial score (nSPS) is 15.4. The van der Waals surface area contributed by atoms with Crippen molar-refractivity contribution in [2.75, 3.05) is 31.6 Å². The Morgan fingerprint density at radius 2 is 2.12 bits per heavy atom. The van der Waals surface area contributed by atoms with Gasteiger partial charge in [-0.3, -0.25) is 14.7 Å². The van der Waals surface area contributed by atoms with Crippen molar-refractivity contribution in [3.8, 4) is 0 Å². The van der Waals surface area contributed by atoms with Gasteiger partial charge in [-0.25, -0.2) is 4.98 Å². The zero-order valence-corrected chi connectivity index (χ0v) is 13.5. The second-order valence-corrected chi connectivity index (χ2v) is 5.77. The summed E-state index contributed by atoms with van der Waals surface area (Å²) in [6.07, 6.45) is 4.44. The molecule has 4 rings (SSSR count). The smallest absolute Gasteiger partial charge is 0.275 e. The van der Waals surface area contributed by atoms with E-state index in [1.54, 1.807) is 12.1 Å². The van der Waals surface area contributed by atoms with Crippen LogP contribution in [0.1, 0.15) is 16.2 Å². The van der Waals surface area contributed by atoms with E-state index in [-0.39, 0.29) is 11.6 Å². The van der Waals surface area contributed by atoms with Gasteiger partial charge in [0.15, 0.2) is 5.58 Å². The number of anilines is 1. The maximum Gasteiger partial charge on any atom is 0.275 e. The van der Waals surface area contributed by atoms with Crippen LogP contribution in [-0.2, 0) is 11.3 Å². The number of nitrogens with zero attached hydrogens (tertiary/aromatic N) is 4. The van der Waals surface area contributed by atoms with Gasteiger partial charge < -0.3 is 14.6 Å². The van der Waals surface area contributed by atoms with Crippen LogP contribution in [-0.4, -0.2) is 52.2 Å². The van der Waals surface area contributed by atoms with Crippen LogP contribution in [0, 0.1) is 0 Å². The fraction of sp³-hybridized carbons (Fsp3) is 0.294. The predicted octanol–water partition coefficient (Wildman–Crippen LogP) is 1.70. The number of ether oxygens (including phenoxy) is 1. The first-order valence-corrected chi connectivity index (χ1v) is 8.05. The third-order valence-corrected chi connectivity index (χ3v) is 4.08. The molecule has 2 aromatic heterocycles. The largest absolute Gasteiger partial charge is 0.379 e. The number of fused-ring (bicyclic) bond motifs is 1. The maximum atomic E-state index is 12.2. The zero-order chi connectivity index (χ0) is 17.1. The van der Waals surface area contributed by atoms with E-state index in [0.717, 1.165) is 37.4 Å². The highest BCUT2D eigenvalue weighted by Crippen LogP contribution is 2.24. The molecule has 0 spiro atoms. The Morgan fingerprint density at radius 3 is 2.92 bits per heavy atom. The minimum absolute atomic E-state index is 0.265. The van der Waals surface area contributed by atoms with E-state index in [1.807, 2.05) is 6.07 Å². The summed E-state index contributed by atoms with van der Waals surface area (Å²) in [6, 6.07) is 5.45. The van der Waals surface area contributed by atoms with E-state index >= 15 is 0 Å². The van der Waals surface area contributed by atoms with E-state index in [2.05, 4.69) is 25.3 Å². The molecule has 128 valence electrons. The Balaban J connectivity index is 1.54. The number of benzene rings is 1. The van der Waals surface area contributed by atoms with Gasteiger partial charge in [-0.1, -0.05) is 5.16 Å². The minimum Gasteiger partial charge on any atom is -0.379 e. The first-order chi connectivity index (χ1) is 12.3. The van der Waals surface area contributed by atoms with Gasteiger partial charge in [0.2, 0.25) is 0 Å².